The van der Waals surface area contributed by atoms with Crippen LogP contribution >= 0.6 is 0 Å². The maximum atomic E-state index is 9.42. The predicted molar refractivity (Wildman–Crippen MR) is 62.1 cm³/mol. The van der Waals surface area contributed by atoms with Crippen LogP contribution in [-0.2, 0) is 0 Å². The van der Waals surface area contributed by atoms with Gasteiger partial charge in [0.15, 0.2) is 0 Å². The van der Waals surface area contributed by atoms with Crippen molar-refractivity contribution in [1.29, 1.82) is 0 Å². The molecule has 3 heteroatoms. The van der Waals surface area contributed by atoms with E-state index < -0.39 is 0 Å². The molecule has 1 saturated carbocycles. The summed E-state index contributed by atoms with van der Waals surface area (Å²) in [7, 11) is 0. The van der Waals surface area contributed by atoms with Gasteiger partial charge in [-0.3, -0.25) is 4.99 Å². The average Bonchev–Trinajstić information content (AvgIpc) is 2.52. The first kappa shape index (κ1) is 10.9. The zero-order chi connectivity index (χ0) is 10.5. The van der Waals surface area contributed by atoms with Crippen LogP contribution in [0.25, 0.3) is 0 Å². The highest BCUT2D eigenvalue weighted by Crippen LogP contribution is 2.24. The lowest BCUT2D eigenvalue weighted by atomic mass is 10.1. The molecule has 86 valence electrons. The van der Waals surface area contributed by atoms with Crippen molar-refractivity contribution < 1.29 is 5.11 Å². The fourth-order valence-corrected chi connectivity index (χ4v) is 2.51. The number of nitrogens with zero attached hydrogens (tertiary/aromatic N) is 1. The molecule has 2 atom stereocenters. The van der Waals surface area contributed by atoms with Crippen molar-refractivity contribution in [1.82, 2.24) is 5.32 Å². The van der Waals surface area contributed by atoms with Crippen molar-refractivity contribution >= 4 is 5.84 Å². The molecule has 1 fully saturated rings. The fraction of sp³-hybridized carbons (Fsp3) is 0.917. The topological polar surface area (TPSA) is 44.6 Å². The van der Waals surface area contributed by atoms with E-state index in [1.54, 1.807) is 0 Å². The Hall–Kier alpha value is -0.570. The summed E-state index contributed by atoms with van der Waals surface area (Å²) in [4.78, 5) is 4.55. The van der Waals surface area contributed by atoms with Crippen LogP contribution < -0.4 is 5.32 Å². The Balaban J connectivity index is 1.70. The van der Waals surface area contributed by atoms with Crippen LogP contribution in [0.1, 0.15) is 44.9 Å². The Morgan fingerprint density at radius 3 is 3.00 bits per heavy atom. The second-order valence-electron chi connectivity index (χ2n) is 4.85. The molecule has 0 saturated heterocycles. The highest BCUT2D eigenvalue weighted by molar-refractivity contribution is 5.82. The highest BCUT2D eigenvalue weighted by Gasteiger charge is 2.22. The van der Waals surface area contributed by atoms with E-state index in [9.17, 15) is 5.11 Å². The standard InChI is InChI=1S/C12H22N2O/c15-11-6-5-10(8-11)9-14-12-4-2-1-3-7-13-12/h10-11,15H,1-9H2,(H,13,14). The zero-order valence-corrected chi connectivity index (χ0v) is 9.41. The Morgan fingerprint density at radius 1 is 1.27 bits per heavy atom. The van der Waals surface area contributed by atoms with Gasteiger partial charge in [-0.15, -0.1) is 0 Å². The van der Waals surface area contributed by atoms with Crippen molar-refractivity contribution in [2.75, 3.05) is 13.1 Å². The molecule has 1 aliphatic heterocycles. The number of amidine groups is 1. The summed E-state index contributed by atoms with van der Waals surface area (Å²) >= 11 is 0. The Bertz CT molecular complexity index is 228. The van der Waals surface area contributed by atoms with E-state index in [-0.39, 0.29) is 6.10 Å². The number of aliphatic hydroxyl groups is 1. The van der Waals surface area contributed by atoms with Gasteiger partial charge in [-0.2, -0.15) is 0 Å². The summed E-state index contributed by atoms with van der Waals surface area (Å²) in [6.45, 7) is 2.01. The average molecular weight is 210 g/mol. The van der Waals surface area contributed by atoms with Gasteiger partial charge in [0.05, 0.1) is 11.9 Å². The molecule has 0 radical (unpaired) electrons. The summed E-state index contributed by atoms with van der Waals surface area (Å²) < 4.78 is 0. The molecule has 0 amide bonds. The molecule has 2 unspecified atom stereocenters. The Morgan fingerprint density at radius 2 is 2.20 bits per heavy atom. The van der Waals surface area contributed by atoms with Gasteiger partial charge in [0.25, 0.3) is 0 Å². The van der Waals surface area contributed by atoms with E-state index in [1.165, 1.54) is 31.5 Å². The molecule has 2 rings (SSSR count). The van der Waals surface area contributed by atoms with Crippen LogP contribution in [0.5, 0.6) is 0 Å². The minimum atomic E-state index is -0.0483. The number of aliphatic imine (C=N–C) groups is 1. The Kier molecular flexibility index (Phi) is 4.01. The molecule has 0 aromatic rings. The van der Waals surface area contributed by atoms with E-state index in [2.05, 4.69) is 10.3 Å². The molecule has 0 aromatic heterocycles. The lowest BCUT2D eigenvalue weighted by Crippen LogP contribution is -2.28. The molecule has 2 N–H and O–H groups in total. The van der Waals surface area contributed by atoms with Crippen LogP contribution in [0.3, 0.4) is 0 Å². The maximum Gasteiger partial charge on any atom is 0.0963 e. The molecule has 1 heterocycles. The van der Waals surface area contributed by atoms with Crippen LogP contribution in [0.2, 0.25) is 0 Å². The lowest BCUT2D eigenvalue weighted by molar-refractivity contribution is 0.178. The molecule has 0 aromatic carbocycles. The van der Waals surface area contributed by atoms with E-state index >= 15 is 0 Å². The third-order valence-corrected chi connectivity index (χ3v) is 3.48. The van der Waals surface area contributed by atoms with Crippen molar-refractivity contribution in [2.24, 2.45) is 10.9 Å². The number of rotatable bonds is 2. The third kappa shape index (κ3) is 3.49. The molecule has 2 aliphatic rings. The quantitative estimate of drug-likeness (QED) is 0.728. The first-order chi connectivity index (χ1) is 7.34. The highest BCUT2D eigenvalue weighted by atomic mass is 16.3. The SMILES string of the molecule is OC1CCC(CNC2=NCCCCC2)C1. The first-order valence-corrected chi connectivity index (χ1v) is 6.30. The van der Waals surface area contributed by atoms with Crippen LogP contribution in [0, 0.1) is 5.92 Å². The van der Waals surface area contributed by atoms with Gasteiger partial charge in [0.2, 0.25) is 0 Å². The second kappa shape index (κ2) is 5.50. The zero-order valence-electron chi connectivity index (χ0n) is 9.41. The lowest BCUT2D eigenvalue weighted by Gasteiger charge is -2.13. The van der Waals surface area contributed by atoms with Gasteiger partial charge >= 0.3 is 0 Å². The van der Waals surface area contributed by atoms with Crippen molar-refractivity contribution in [3.63, 3.8) is 0 Å². The van der Waals surface area contributed by atoms with Gasteiger partial charge < -0.3 is 10.4 Å². The van der Waals surface area contributed by atoms with Crippen molar-refractivity contribution in [2.45, 2.75) is 51.0 Å². The van der Waals surface area contributed by atoms with Gasteiger partial charge in [0, 0.05) is 19.5 Å². The monoisotopic (exact) mass is 210 g/mol. The predicted octanol–water partition coefficient (Wildman–Crippen LogP) is 1.71. The van der Waals surface area contributed by atoms with Gasteiger partial charge in [-0.05, 0) is 38.0 Å². The number of nitrogens with one attached hydrogen (secondary N) is 1. The minimum Gasteiger partial charge on any atom is -0.393 e. The number of hydrogen-bond acceptors (Lipinski definition) is 3. The molecular weight excluding hydrogens is 188 g/mol. The van der Waals surface area contributed by atoms with Crippen molar-refractivity contribution in [3.05, 3.63) is 0 Å². The van der Waals surface area contributed by atoms with Gasteiger partial charge in [0.1, 0.15) is 0 Å². The summed E-state index contributed by atoms with van der Waals surface area (Å²) in [5.74, 6) is 1.86. The van der Waals surface area contributed by atoms with Crippen LogP contribution in [0.15, 0.2) is 4.99 Å². The first-order valence-electron chi connectivity index (χ1n) is 6.30. The van der Waals surface area contributed by atoms with E-state index in [0.29, 0.717) is 5.92 Å². The normalized spacial score (nSPS) is 32.2. The van der Waals surface area contributed by atoms with E-state index in [4.69, 9.17) is 0 Å². The van der Waals surface area contributed by atoms with Crippen molar-refractivity contribution in [3.8, 4) is 0 Å². The van der Waals surface area contributed by atoms with E-state index in [0.717, 1.165) is 32.4 Å². The van der Waals surface area contributed by atoms with Gasteiger partial charge in [-0.1, -0.05) is 6.42 Å². The van der Waals surface area contributed by atoms with Crippen LogP contribution in [-0.4, -0.2) is 30.1 Å². The minimum absolute atomic E-state index is 0.0483. The molecule has 0 bridgehead atoms. The molecule has 1 aliphatic carbocycles. The summed E-state index contributed by atoms with van der Waals surface area (Å²) in [6, 6.07) is 0. The largest absolute Gasteiger partial charge is 0.393 e. The summed E-state index contributed by atoms with van der Waals surface area (Å²) in [5, 5.41) is 12.9. The second-order valence-corrected chi connectivity index (χ2v) is 4.85. The van der Waals surface area contributed by atoms with Crippen LogP contribution in [0.4, 0.5) is 0 Å². The van der Waals surface area contributed by atoms with E-state index in [1.807, 2.05) is 0 Å². The molecule has 3 nitrogen and oxygen atoms in total. The fourth-order valence-electron chi connectivity index (χ4n) is 2.51. The number of hydrogen-bond donors (Lipinski definition) is 2. The molecular formula is C12H22N2O. The molecule has 15 heavy (non-hydrogen) atoms. The smallest absolute Gasteiger partial charge is 0.0963 e. The number of aliphatic hydroxyl groups excluding tert-OH is 1. The van der Waals surface area contributed by atoms with Gasteiger partial charge in [-0.25, -0.2) is 0 Å². The third-order valence-electron chi connectivity index (χ3n) is 3.48. The summed E-state index contributed by atoms with van der Waals surface area (Å²) in [6.07, 6.45) is 8.03. The Labute approximate surface area is 92.0 Å². The maximum absolute atomic E-state index is 9.42. The molecule has 0 spiro atoms. The summed E-state index contributed by atoms with van der Waals surface area (Å²) in [5.41, 5.74) is 0.